The first-order valence-corrected chi connectivity index (χ1v) is 9.75. The molecule has 0 unspecified atom stereocenters. The Morgan fingerprint density at radius 2 is 2.12 bits per heavy atom. The molecule has 0 aromatic carbocycles. The minimum Gasteiger partial charge on any atom is -0.339 e. The number of amides is 1. The molecule has 7 heteroatoms. The molecule has 2 N–H and O–H groups in total. The zero-order chi connectivity index (χ0) is 16.9. The summed E-state index contributed by atoms with van der Waals surface area (Å²) in [6.45, 7) is 4.06. The van der Waals surface area contributed by atoms with E-state index in [0.29, 0.717) is 0 Å². The molecular weight excluding hydrogens is 322 g/mol. The highest BCUT2D eigenvalue weighted by Gasteiger charge is 2.25. The third-order valence-electron chi connectivity index (χ3n) is 4.43. The lowest BCUT2D eigenvalue weighted by molar-refractivity contribution is -0.134. The molecule has 1 aliphatic rings. The number of carbonyl (C=O) groups excluding carboxylic acids is 1. The monoisotopic (exact) mass is 347 g/mol. The molecule has 1 saturated heterocycles. The SMILES string of the molecule is CSCC[C@H](N)C(=O)N1CCN(Cc2cn3ccccc3n2)CC1. The number of aromatic nitrogens is 2. The van der Waals surface area contributed by atoms with Crippen molar-refractivity contribution >= 4 is 23.3 Å². The van der Waals surface area contributed by atoms with Crippen LogP contribution in [-0.4, -0.2) is 69.3 Å². The first-order chi connectivity index (χ1) is 11.7. The molecule has 130 valence electrons. The first kappa shape index (κ1) is 17.3. The van der Waals surface area contributed by atoms with Crippen LogP contribution in [0.3, 0.4) is 0 Å². The number of imidazole rings is 1. The van der Waals surface area contributed by atoms with Crippen molar-refractivity contribution in [2.45, 2.75) is 19.0 Å². The Morgan fingerprint density at radius 1 is 1.33 bits per heavy atom. The number of carbonyl (C=O) groups is 1. The smallest absolute Gasteiger partial charge is 0.239 e. The van der Waals surface area contributed by atoms with Crippen LogP contribution >= 0.6 is 11.8 Å². The molecule has 0 aliphatic carbocycles. The van der Waals surface area contributed by atoms with Crippen LogP contribution in [0.15, 0.2) is 30.6 Å². The van der Waals surface area contributed by atoms with E-state index in [0.717, 1.165) is 56.2 Å². The number of hydrogen-bond acceptors (Lipinski definition) is 5. The quantitative estimate of drug-likeness (QED) is 0.846. The average Bonchev–Trinajstić information content (AvgIpc) is 3.02. The maximum Gasteiger partial charge on any atom is 0.239 e. The van der Waals surface area contributed by atoms with Crippen LogP contribution in [0.1, 0.15) is 12.1 Å². The highest BCUT2D eigenvalue weighted by atomic mass is 32.2. The van der Waals surface area contributed by atoms with Gasteiger partial charge >= 0.3 is 0 Å². The maximum absolute atomic E-state index is 12.3. The summed E-state index contributed by atoms with van der Waals surface area (Å²) in [5.74, 6) is 1.03. The lowest BCUT2D eigenvalue weighted by Crippen LogP contribution is -2.53. The van der Waals surface area contributed by atoms with Crippen LogP contribution in [0.25, 0.3) is 5.65 Å². The largest absolute Gasteiger partial charge is 0.339 e. The fourth-order valence-corrected chi connectivity index (χ4v) is 3.51. The van der Waals surface area contributed by atoms with E-state index in [-0.39, 0.29) is 11.9 Å². The van der Waals surface area contributed by atoms with E-state index in [9.17, 15) is 4.79 Å². The van der Waals surface area contributed by atoms with E-state index in [1.165, 1.54) is 0 Å². The van der Waals surface area contributed by atoms with Crippen molar-refractivity contribution in [3.8, 4) is 0 Å². The van der Waals surface area contributed by atoms with E-state index in [2.05, 4.69) is 16.1 Å². The summed E-state index contributed by atoms with van der Waals surface area (Å²) in [7, 11) is 0. The fraction of sp³-hybridized carbons (Fsp3) is 0.529. The predicted octanol–water partition coefficient (Wildman–Crippen LogP) is 1.06. The van der Waals surface area contributed by atoms with Gasteiger partial charge < -0.3 is 15.0 Å². The van der Waals surface area contributed by atoms with Crippen LogP contribution in [0.5, 0.6) is 0 Å². The van der Waals surface area contributed by atoms with Gasteiger partial charge in [0, 0.05) is 45.1 Å². The molecule has 1 amide bonds. The highest BCUT2D eigenvalue weighted by molar-refractivity contribution is 7.98. The number of pyridine rings is 1. The van der Waals surface area contributed by atoms with Crippen LogP contribution in [-0.2, 0) is 11.3 Å². The minimum absolute atomic E-state index is 0.0939. The van der Waals surface area contributed by atoms with E-state index in [1.807, 2.05) is 40.0 Å². The lowest BCUT2D eigenvalue weighted by Gasteiger charge is -2.35. The molecule has 1 aliphatic heterocycles. The summed E-state index contributed by atoms with van der Waals surface area (Å²) in [4.78, 5) is 21.2. The molecule has 1 fully saturated rings. The Bertz CT molecular complexity index is 647. The van der Waals surface area contributed by atoms with Crippen LogP contribution in [0.2, 0.25) is 0 Å². The number of hydrogen-bond donors (Lipinski definition) is 1. The Balaban J connectivity index is 1.50. The number of nitrogens with two attached hydrogens (primary N) is 1. The summed E-state index contributed by atoms with van der Waals surface area (Å²) in [5, 5.41) is 0. The normalized spacial score (nSPS) is 17.3. The third-order valence-corrected chi connectivity index (χ3v) is 5.08. The summed E-state index contributed by atoms with van der Waals surface area (Å²) >= 11 is 1.73. The molecule has 2 aromatic rings. The highest BCUT2D eigenvalue weighted by Crippen LogP contribution is 2.11. The number of piperazine rings is 1. The number of rotatable bonds is 6. The molecule has 2 aromatic heterocycles. The van der Waals surface area contributed by atoms with E-state index < -0.39 is 0 Å². The second-order valence-electron chi connectivity index (χ2n) is 6.19. The van der Waals surface area contributed by atoms with Gasteiger partial charge in [-0.2, -0.15) is 11.8 Å². The molecule has 3 heterocycles. The van der Waals surface area contributed by atoms with Crippen molar-refractivity contribution < 1.29 is 4.79 Å². The molecular formula is C17H25N5OS. The molecule has 0 saturated carbocycles. The van der Waals surface area contributed by atoms with E-state index in [1.54, 1.807) is 11.8 Å². The van der Waals surface area contributed by atoms with Crippen molar-refractivity contribution in [2.24, 2.45) is 5.73 Å². The Kier molecular flexibility index (Phi) is 5.76. The van der Waals surface area contributed by atoms with Gasteiger partial charge in [0.25, 0.3) is 0 Å². The van der Waals surface area contributed by atoms with Crippen molar-refractivity contribution in [3.63, 3.8) is 0 Å². The predicted molar refractivity (Wildman–Crippen MR) is 98.0 cm³/mol. The van der Waals surface area contributed by atoms with Crippen LogP contribution in [0.4, 0.5) is 0 Å². The van der Waals surface area contributed by atoms with Gasteiger partial charge in [0.2, 0.25) is 5.91 Å². The van der Waals surface area contributed by atoms with Crippen LogP contribution in [0, 0.1) is 0 Å². The standard InChI is InChI=1S/C17H25N5OS/c1-24-11-5-15(18)17(23)21-9-7-20(8-10-21)12-14-13-22-6-3-2-4-16(22)19-14/h2-4,6,13,15H,5,7-12,18H2,1H3/t15-/m0/s1. The summed E-state index contributed by atoms with van der Waals surface area (Å²) in [6, 6.07) is 5.65. The van der Waals surface area contributed by atoms with Gasteiger partial charge in [-0.25, -0.2) is 4.98 Å². The molecule has 0 spiro atoms. The second kappa shape index (κ2) is 8.00. The molecule has 3 rings (SSSR count). The first-order valence-electron chi connectivity index (χ1n) is 8.35. The fourth-order valence-electron chi connectivity index (χ4n) is 3.02. The van der Waals surface area contributed by atoms with Crippen molar-refractivity contribution in [2.75, 3.05) is 38.2 Å². The van der Waals surface area contributed by atoms with Gasteiger partial charge in [0.05, 0.1) is 11.7 Å². The molecule has 24 heavy (non-hydrogen) atoms. The van der Waals surface area contributed by atoms with Gasteiger partial charge in [-0.3, -0.25) is 9.69 Å². The zero-order valence-corrected chi connectivity index (χ0v) is 14.9. The van der Waals surface area contributed by atoms with Gasteiger partial charge in [0.15, 0.2) is 0 Å². The number of nitrogens with zero attached hydrogens (tertiary/aromatic N) is 4. The van der Waals surface area contributed by atoms with Crippen LogP contribution < -0.4 is 5.73 Å². The summed E-state index contributed by atoms with van der Waals surface area (Å²) in [6.07, 6.45) is 6.88. The maximum atomic E-state index is 12.3. The van der Waals surface area contributed by atoms with Crippen molar-refractivity contribution in [1.82, 2.24) is 19.2 Å². The van der Waals surface area contributed by atoms with Gasteiger partial charge in [0.1, 0.15) is 5.65 Å². The molecule has 0 radical (unpaired) electrons. The molecule has 0 bridgehead atoms. The lowest BCUT2D eigenvalue weighted by atomic mass is 10.2. The average molecular weight is 347 g/mol. The van der Waals surface area contributed by atoms with Gasteiger partial charge in [-0.05, 0) is 30.6 Å². The van der Waals surface area contributed by atoms with Gasteiger partial charge in [-0.1, -0.05) is 6.07 Å². The second-order valence-corrected chi connectivity index (χ2v) is 7.17. The number of fused-ring (bicyclic) bond motifs is 1. The topological polar surface area (TPSA) is 66.9 Å². The Labute approximate surface area is 147 Å². The Morgan fingerprint density at radius 3 is 2.83 bits per heavy atom. The van der Waals surface area contributed by atoms with Gasteiger partial charge in [-0.15, -0.1) is 0 Å². The minimum atomic E-state index is -0.359. The Hall–Kier alpha value is -1.57. The number of thioether (sulfide) groups is 1. The van der Waals surface area contributed by atoms with Crippen molar-refractivity contribution in [1.29, 1.82) is 0 Å². The summed E-state index contributed by atoms with van der Waals surface area (Å²) in [5.41, 5.74) is 8.04. The third kappa shape index (κ3) is 4.09. The van der Waals surface area contributed by atoms with Crippen molar-refractivity contribution in [3.05, 3.63) is 36.3 Å². The molecule has 1 atom stereocenters. The zero-order valence-electron chi connectivity index (χ0n) is 14.1. The van der Waals surface area contributed by atoms with E-state index in [4.69, 9.17) is 5.73 Å². The molecule has 6 nitrogen and oxygen atoms in total. The summed E-state index contributed by atoms with van der Waals surface area (Å²) < 4.78 is 2.04. The van der Waals surface area contributed by atoms with E-state index >= 15 is 0 Å².